The Morgan fingerprint density at radius 1 is 1.05 bits per heavy atom. The van der Waals surface area contributed by atoms with Gasteiger partial charge in [-0.15, -0.1) is 0 Å². The van der Waals surface area contributed by atoms with Crippen molar-refractivity contribution >= 4 is 0 Å². The molecule has 19 heavy (non-hydrogen) atoms. The van der Waals surface area contributed by atoms with Crippen LogP contribution in [-0.2, 0) is 0 Å². The molecule has 1 aromatic rings. The standard InChI is InChI=1S/C16H27NO2/c1-12(2)8-6-9-13(17-3)16-14(18-4)10-7-11-15(16)19-5/h7,10-13,17H,6,8-9H2,1-5H3. The van der Waals surface area contributed by atoms with Gasteiger partial charge in [-0.25, -0.2) is 0 Å². The van der Waals surface area contributed by atoms with Crippen LogP contribution in [0.3, 0.4) is 0 Å². The van der Waals surface area contributed by atoms with Crippen LogP contribution in [0, 0.1) is 5.92 Å². The zero-order chi connectivity index (χ0) is 14.3. The van der Waals surface area contributed by atoms with Crippen LogP contribution in [0.15, 0.2) is 18.2 Å². The summed E-state index contributed by atoms with van der Waals surface area (Å²) < 4.78 is 11.0. The minimum atomic E-state index is 0.268. The molecule has 1 rings (SSSR count). The molecule has 0 aliphatic carbocycles. The Labute approximate surface area is 117 Å². The second-order valence-corrected chi connectivity index (χ2v) is 5.24. The lowest BCUT2D eigenvalue weighted by atomic mass is 9.96. The number of rotatable bonds is 8. The van der Waals surface area contributed by atoms with Crippen molar-refractivity contribution in [3.63, 3.8) is 0 Å². The van der Waals surface area contributed by atoms with Crippen molar-refractivity contribution in [3.8, 4) is 11.5 Å². The van der Waals surface area contributed by atoms with Gasteiger partial charge in [0.15, 0.2) is 0 Å². The van der Waals surface area contributed by atoms with Gasteiger partial charge in [-0.05, 0) is 31.5 Å². The van der Waals surface area contributed by atoms with Gasteiger partial charge in [-0.3, -0.25) is 0 Å². The fourth-order valence-corrected chi connectivity index (χ4v) is 2.39. The topological polar surface area (TPSA) is 30.5 Å². The van der Waals surface area contributed by atoms with Crippen LogP contribution >= 0.6 is 0 Å². The van der Waals surface area contributed by atoms with Gasteiger partial charge >= 0.3 is 0 Å². The number of methoxy groups -OCH3 is 2. The average molecular weight is 265 g/mol. The quantitative estimate of drug-likeness (QED) is 0.775. The minimum Gasteiger partial charge on any atom is -0.496 e. The number of benzene rings is 1. The van der Waals surface area contributed by atoms with Crippen molar-refractivity contribution in [2.45, 2.75) is 39.2 Å². The molecule has 0 saturated heterocycles. The summed E-state index contributed by atoms with van der Waals surface area (Å²) in [5, 5.41) is 3.38. The maximum absolute atomic E-state index is 5.48. The highest BCUT2D eigenvalue weighted by molar-refractivity contribution is 5.46. The Kier molecular flexibility index (Phi) is 6.71. The van der Waals surface area contributed by atoms with E-state index in [0.29, 0.717) is 0 Å². The molecule has 1 N–H and O–H groups in total. The third-order valence-corrected chi connectivity index (χ3v) is 3.44. The number of ether oxygens (including phenoxy) is 2. The largest absolute Gasteiger partial charge is 0.496 e. The van der Waals surface area contributed by atoms with Crippen LogP contribution in [0.5, 0.6) is 11.5 Å². The summed E-state index contributed by atoms with van der Waals surface area (Å²) in [6, 6.07) is 6.21. The molecular formula is C16H27NO2. The highest BCUT2D eigenvalue weighted by Gasteiger charge is 2.19. The van der Waals surface area contributed by atoms with Gasteiger partial charge in [0.2, 0.25) is 0 Å². The molecule has 1 atom stereocenters. The third-order valence-electron chi connectivity index (χ3n) is 3.44. The monoisotopic (exact) mass is 265 g/mol. The normalized spacial score (nSPS) is 12.5. The van der Waals surface area contributed by atoms with Crippen LogP contribution in [0.25, 0.3) is 0 Å². The number of nitrogens with one attached hydrogen (secondary N) is 1. The van der Waals surface area contributed by atoms with E-state index in [1.807, 2.05) is 25.2 Å². The van der Waals surface area contributed by atoms with Crippen molar-refractivity contribution in [1.82, 2.24) is 5.32 Å². The van der Waals surface area contributed by atoms with Crippen LogP contribution in [-0.4, -0.2) is 21.3 Å². The first kappa shape index (κ1) is 15.8. The second-order valence-electron chi connectivity index (χ2n) is 5.24. The summed E-state index contributed by atoms with van der Waals surface area (Å²) >= 11 is 0. The molecule has 3 heteroatoms. The molecule has 0 heterocycles. The lowest BCUT2D eigenvalue weighted by molar-refractivity contribution is 0.366. The van der Waals surface area contributed by atoms with Crippen LogP contribution in [0.4, 0.5) is 0 Å². The van der Waals surface area contributed by atoms with E-state index in [1.54, 1.807) is 14.2 Å². The molecule has 0 fully saturated rings. The number of hydrogen-bond acceptors (Lipinski definition) is 3. The summed E-state index contributed by atoms with van der Waals surface area (Å²) in [4.78, 5) is 0. The summed E-state index contributed by atoms with van der Waals surface area (Å²) in [5.41, 5.74) is 1.12. The molecule has 0 amide bonds. The fourth-order valence-electron chi connectivity index (χ4n) is 2.39. The average Bonchev–Trinajstić information content (AvgIpc) is 2.42. The van der Waals surface area contributed by atoms with Gasteiger partial charge in [0.05, 0.1) is 19.8 Å². The van der Waals surface area contributed by atoms with Crippen LogP contribution in [0.2, 0.25) is 0 Å². The van der Waals surface area contributed by atoms with Gasteiger partial charge in [0.25, 0.3) is 0 Å². The molecule has 0 aliphatic rings. The highest BCUT2D eigenvalue weighted by Crippen LogP contribution is 2.36. The van der Waals surface area contributed by atoms with E-state index < -0.39 is 0 Å². The first-order chi connectivity index (χ1) is 9.13. The molecular weight excluding hydrogens is 238 g/mol. The molecule has 0 bridgehead atoms. The summed E-state index contributed by atoms with van der Waals surface area (Å²) in [6.07, 6.45) is 3.53. The van der Waals surface area contributed by atoms with Crippen molar-refractivity contribution in [1.29, 1.82) is 0 Å². The second kappa shape index (κ2) is 8.05. The van der Waals surface area contributed by atoms with E-state index in [1.165, 1.54) is 12.8 Å². The molecule has 1 unspecified atom stereocenters. The minimum absolute atomic E-state index is 0.268. The SMILES string of the molecule is CNC(CCCC(C)C)c1c(OC)cccc1OC. The lowest BCUT2D eigenvalue weighted by Crippen LogP contribution is -2.18. The van der Waals surface area contributed by atoms with Crippen LogP contribution in [0.1, 0.15) is 44.7 Å². The molecule has 108 valence electrons. The Morgan fingerprint density at radius 2 is 1.63 bits per heavy atom. The van der Waals surface area contributed by atoms with Gasteiger partial charge in [-0.2, -0.15) is 0 Å². The molecule has 0 saturated carbocycles. The third kappa shape index (κ3) is 4.43. The zero-order valence-corrected chi connectivity index (χ0v) is 12.8. The fraction of sp³-hybridized carbons (Fsp3) is 0.625. The Balaban J connectivity index is 2.89. The van der Waals surface area contributed by atoms with Gasteiger partial charge < -0.3 is 14.8 Å². The first-order valence-electron chi connectivity index (χ1n) is 7.02. The molecule has 3 nitrogen and oxygen atoms in total. The first-order valence-corrected chi connectivity index (χ1v) is 7.02. The van der Waals surface area contributed by atoms with Gasteiger partial charge in [0, 0.05) is 6.04 Å². The van der Waals surface area contributed by atoms with Gasteiger partial charge in [-0.1, -0.05) is 32.8 Å². The van der Waals surface area contributed by atoms with Crippen LogP contribution < -0.4 is 14.8 Å². The molecule has 0 spiro atoms. The predicted octanol–water partition coefficient (Wildman–Crippen LogP) is 3.79. The van der Waals surface area contributed by atoms with E-state index in [-0.39, 0.29) is 6.04 Å². The Bertz CT molecular complexity index is 355. The van der Waals surface area contributed by atoms with E-state index in [4.69, 9.17) is 9.47 Å². The van der Waals surface area contributed by atoms with Crippen molar-refractivity contribution in [3.05, 3.63) is 23.8 Å². The predicted molar refractivity (Wildman–Crippen MR) is 80.0 cm³/mol. The van der Waals surface area contributed by atoms with E-state index in [0.717, 1.165) is 29.4 Å². The summed E-state index contributed by atoms with van der Waals surface area (Å²) in [7, 11) is 5.41. The zero-order valence-electron chi connectivity index (χ0n) is 12.8. The maximum Gasteiger partial charge on any atom is 0.127 e. The van der Waals surface area contributed by atoms with Gasteiger partial charge in [0.1, 0.15) is 11.5 Å². The molecule has 0 aromatic heterocycles. The van der Waals surface area contributed by atoms with Crippen molar-refractivity contribution in [2.75, 3.05) is 21.3 Å². The van der Waals surface area contributed by atoms with E-state index >= 15 is 0 Å². The number of hydrogen-bond donors (Lipinski definition) is 1. The Morgan fingerprint density at radius 3 is 2.05 bits per heavy atom. The lowest BCUT2D eigenvalue weighted by Gasteiger charge is -2.22. The van der Waals surface area contributed by atoms with E-state index in [9.17, 15) is 0 Å². The highest BCUT2D eigenvalue weighted by atomic mass is 16.5. The summed E-state index contributed by atoms with van der Waals surface area (Å²) in [6.45, 7) is 4.52. The molecule has 0 aliphatic heterocycles. The molecule has 0 radical (unpaired) electrons. The maximum atomic E-state index is 5.48. The smallest absolute Gasteiger partial charge is 0.127 e. The summed E-state index contributed by atoms with van der Waals surface area (Å²) in [5.74, 6) is 2.53. The van der Waals surface area contributed by atoms with E-state index in [2.05, 4.69) is 19.2 Å². The van der Waals surface area contributed by atoms with Crippen molar-refractivity contribution < 1.29 is 9.47 Å². The molecule has 1 aromatic carbocycles. The Hall–Kier alpha value is -1.22. The van der Waals surface area contributed by atoms with Crippen molar-refractivity contribution in [2.24, 2.45) is 5.92 Å².